The number of carboxylic acid groups (broad SMARTS) is 2. The van der Waals surface area contributed by atoms with Gasteiger partial charge in [-0.25, -0.2) is 0 Å². The number of rotatable bonds is 15. The maximum Gasteiger partial charge on any atom is 0.305 e. The van der Waals surface area contributed by atoms with E-state index in [1.54, 1.807) is 48.9 Å². The number of carbonyl (C=O) groups is 14. The van der Waals surface area contributed by atoms with Crippen LogP contribution in [-0.4, -0.2) is 213 Å². The van der Waals surface area contributed by atoms with E-state index in [0.717, 1.165) is 19.1 Å². The van der Waals surface area contributed by atoms with Gasteiger partial charge < -0.3 is 89.0 Å². The van der Waals surface area contributed by atoms with Gasteiger partial charge in [0, 0.05) is 65.9 Å². The van der Waals surface area contributed by atoms with Crippen LogP contribution in [0.3, 0.4) is 0 Å². The summed E-state index contributed by atoms with van der Waals surface area (Å²) in [5.74, 6) is -14.1. The smallest absolute Gasteiger partial charge is 0.305 e. The third-order valence-corrected chi connectivity index (χ3v) is 19.3. The summed E-state index contributed by atoms with van der Waals surface area (Å²) >= 11 is 3.71. The number of oxime groups is 1. The number of nitrogens with zero attached hydrogens (tertiary/aromatic N) is 2. The number of para-hydroxylation sites is 1. The van der Waals surface area contributed by atoms with Crippen LogP contribution in [0.5, 0.6) is 5.75 Å². The van der Waals surface area contributed by atoms with E-state index in [0.29, 0.717) is 59.2 Å². The van der Waals surface area contributed by atoms with Crippen LogP contribution in [0.25, 0.3) is 10.9 Å². The number of carbonyl (C=O) groups excluding carboxylic acids is 12. The number of fused-ring (bicyclic) bond motifs is 7. The normalized spacial score (nSPS) is 25.1. The first-order valence-corrected chi connectivity index (χ1v) is 36.6. The van der Waals surface area contributed by atoms with Gasteiger partial charge in [-0.15, -0.1) is 0 Å². The van der Waals surface area contributed by atoms with Crippen LogP contribution in [0, 0.1) is 5.92 Å². The van der Waals surface area contributed by atoms with E-state index < -0.39 is 181 Å². The molecule has 1 saturated heterocycles. The monoisotopic (exact) mass is 1450 g/mol. The number of thioether (sulfide) groups is 3. The fourth-order valence-electron chi connectivity index (χ4n) is 11.1. The number of hydrogen-bond acceptors (Lipinski definition) is 20. The standard InChI is InChI=1S/C65H90N14O18S3/c1-35(2)55-64(94)75-46(27-39-29-68-42-13-8-7-12-41(39)42)61(91)72-43(15-17-51(66)80)58(88)71-44(16-18-53(82)83)59(89)76-48(56(67)86)33-99-31-37-24-38-26-40(25-37)96-21-9-5-6-10-22-97-69-30-52(81)70-36(3)57(87)77-49(34-100-32-38)65(95)79-20-11-14-50(79)63(93)73-45(19-23-98-4)60(90)74-47(28-54(84)85)62(92)78-55/h7-8,12-13,24-26,29-30,35-36,43-50,55,68H,5-6,9-11,14-23,27-28,31-34H2,1-4H3,(H2,66,80)(H2,67,86)(H,70,81)(H,71,88)(H,72,91)(H,73,93)(H,74,90)(H,75,94)(H,76,89)(H,77,87)(H,78,92)(H,82,83)(H,84,85)/b69-30+/t36-,43-,44-,45-,46-,47-,48-,49-,50-,55?/m0/s1. The molecule has 0 aliphatic carbocycles. The van der Waals surface area contributed by atoms with Gasteiger partial charge in [0.2, 0.25) is 65.0 Å². The summed E-state index contributed by atoms with van der Waals surface area (Å²) in [5, 5.41) is 47.3. The second-order valence-electron chi connectivity index (χ2n) is 24.7. The number of amides is 12. The Hall–Kier alpha value is -9.12. The van der Waals surface area contributed by atoms with Gasteiger partial charge in [-0.05, 0) is 118 Å². The van der Waals surface area contributed by atoms with Gasteiger partial charge in [0.15, 0.2) is 0 Å². The lowest BCUT2D eigenvalue weighted by Crippen LogP contribution is -2.61. The van der Waals surface area contributed by atoms with Crippen molar-refractivity contribution in [1.82, 2.24) is 57.7 Å². The van der Waals surface area contributed by atoms with Crippen molar-refractivity contribution in [1.29, 1.82) is 0 Å². The van der Waals surface area contributed by atoms with Gasteiger partial charge in [-0.2, -0.15) is 35.3 Å². The van der Waals surface area contributed by atoms with Crippen LogP contribution in [0.15, 0.2) is 53.8 Å². The molecular formula is C65H90N14O18S3. The summed E-state index contributed by atoms with van der Waals surface area (Å²) in [6, 6.07) is -2.74. The molecule has 12 amide bonds. The average molecular weight is 1450 g/mol. The van der Waals surface area contributed by atoms with Gasteiger partial charge in [0.05, 0.1) is 13.0 Å². The highest BCUT2D eigenvalue weighted by atomic mass is 32.2. The van der Waals surface area contributed by atoms with E-state index in [1.807, 2.05) is 6.07 Å². The van der Waals surface area contributed by atoms with E-state index in [-0.39, 0.29) is 61.2 Å². The second-order valence-corrected chi connectivity index (χ2v) is 27.8. The van der Waals surface area contributed by atoms with E-state index in [2.05, 4.69) is 58.0 Å². The van der Waals surface area contributed by atoms with Crippen molar-refractivity contribution in [3.63, 3.8) is 0 Å². The van der Waals surface area contributed by atoms with Crippen LogP contribution >= 0.6 is 35.3 Å². The number of benzene rings is 2. The number of ether oxygens (including phenoxy) is 1. The van der Waals surface area contributed by atoms with Crippen molar-refractivity contribution in [3.05, 3.63) is 65.4 Å². The Balaban J connectivity index is 1.42. The highest BCUT2D eigenvalue weighted by Gasteiger charge is 2.41. The fourth-order valence-corrected chi connectivity index (χ4v) is 13.6. The van der Waals surface area contributed by atoms with Crippen molar-refractivity contribution >= 4 is 135 Å². The van der Waals surface area contributed by atoms with Gasteiger partial charge in [0.1, 0.15) is 79.0 Å². The lowest BCUT2D eigenvalue weighted by molar-refractivity contribution is -0.142. The number of aromatic amines is 1. The SMILES string of the molecule is CSCC[C@@H]1NC(=O)[C@@H]2CCCN2C(=O)[C@@H]2CSCc3cc(cc(c3)OCCCCCCO/N=C/C(=O)N[C@@H](C)C(=O)N2)CSC[C@@H](C(N)=O)NC(=O)[C@H](CCC(=O)O)NC(=O)[C@H](CCC(N)=O)NC(=O)[C@H](Cc2c[nH]c3ccccc23)NC(=O)C(C(C)C)NC(=O)[C@H](CC(=O)O)NC1=O. The first kappa shape index (κ1) is 79.9. The van der Waals surface area contributed by atoms with Crippen LogP contribution in [-0.2, 0) is 89.9 Å². The number of nitrogens with one attached hydrogen (secondary N) is 10. The molecule has 32 nitrogen and oxygen atoms in total. The maximum absolute atomic E-state index is 14.9. The average Bonchev–Trinajstić information content (AvgIpc) is 1.63. The molecule has 35 heteroatoms. The topological polar surface area (TPSA) is 490 Å². The molecule has 546 valence electrons. The minimum absolute atomic E-state index is 0.0400. The molecule has 0 spiro atoms. The molecule has 0 radical (unpaired) electrons. The predicted octanol–water partition coefficient (Wildman–Crippen LogP) is -0.281. The molecule has 1 unspecified atom stereocenters. The summed E-state index contributed by atoms with van der Waals surface area (Å²) in [4.78, 5) is 203. The van der Waals surface area contributed by atoms with Gasteiger partial charge in [-0.3, -0.25) is 67.1 Å². The zero-order chi connectivity index (χ0) is 73.0. The van der Waals surface area contributed by atoms with E-state index >= 15 is 0 Å². The Morgan fingerprint density at radius 2 is 1.26 bits per heavy atom. The molecule has 10 atom stereocenters. The molecule has 1 fully saturated rings. The third-order valence-electron chi connectivity index (χ3n) is 16.5. The molecule has 3 aliphatic heterocycles. The highest BCUT2D eigenvalue weighted by Crippen LogP contribution is 2.27. The Bertz CT molecular complexity index is 3470. The Morgan fingerprint density at radius 1 is 0.660 bits per heavy atom. The largest absolute Gasteiger partial charge is 0.494 e. The van der Waals surface area contributed by atoms with Crippen molar-refractivity contribution in [2.75, 3.05) is 43.3 Å². The molecule has 6 rings (SSSR count). The van der Waals surface area contributed by atoms with Gasteiger partial charge >= 0.3 is 11.9 Å². The molecule has 3 aromatic rings. The number of carboxylic acids is 2. The summed E-state index contributed by atoms with van der Waals surface area (Å²) < 4.78 is 6.25. The molecule has 4 bridgehead atoms. The van der Waals surface area contributed by atoms with E-state index in [9.17, 15) is 77.3 Å². The fraction of sp³-hybridized carbons (Fsp3) is 0.554. The number of aliphatic carboxylic acids is 2. The first-order chi connectivity index (χ1) is 47.7. The first-order valence-electron chi connectivity index (χ1n) is 32.9. The van der Waals surface area contributed by atoms with Crippen LogP contribution in [0.2, 0.25) is 0 Å². The molecule has 2 aromatic carbocycles. The molecule has 100 heavy (non-hydrogen) atoms. The molecule has 16 N–H and O–H groups in total. The van der Waals surface area contributed by atoms with Gasteiger partial charge in [-0.1, -0.05) is 43.3 Å². The lowest BCUT2D eigenvalue weighted by Gasteiger charge is -2.31. The molecule has 3 aliphatic rings. The van der Waals surface area contributed by atoms with Crippen molar-refractivity contribution < 1.29 is 86.9 Å². The maximum atomic E-state index is 14.9. The summed E-state index contributed by atoms with van der Waals surface area (Å²) in [6.07, 6.45) is 3.72. The van der Waals surface area contributed by atoms with E-state index in [1.165, 1.54) is 61.0 Å². The lowest BCUT2D eigenvalue weighted by atomic mass is 9.99. The zero-order valence-electron chi connectivity index (χ0n) is 56.1. The predicted molar refractivity (Wildman–Crippen MR) is 372 cm³/mol. The number of primary amides is 2. The van der Waals surface area contributed by atoms with Crippen molar-refractivity contribution in [3.8, 4) is 5.75 Å². The van der Waals surface area contributed by atoms with Gasteiger partial charge in [0.25, 0.3) is 5.91 Å². The summed E-state index contributed by atoms with van der Waals surface area (Å²) in [7, 11) is 0. The van der Waals surface area contributed by atoms with E-state index in [4.69, 9.17) is 21.0 Å². The Kier molecular flexibility index (Phi) is 32.1. The number of aromatic nitrogens is 1. The number of H-pyrrole nitrogens is 1. The molecular weight excluding hydrogens is 1360 g/mol. The molecule has 1 aromatic heterocycles. The zero-order valence-corrected chi connectivity index (χ0v) is 58.5. The van der Waals surface area contributed by atoms with Crippen molar-refractivity contribution in [2.45, 2.75) is 176 Å². The number of hydrogen-bond donors (Lipinski definition) is 14. The quantitative estimate of drug-likeness (QED) is 0.0930. The minimum atomic E-state index is -1.90. The highest BCUT2D eigenvalue weighted by molar-refractivity contribution is 7.99. The van der Waals surface area contributed by atoms with Crippen LogP contribution in [0.4, 0.5) is 0 Å². The summed E-state index contributed by atoms with van der Waals surface area (Å²) in [5.41, 5.74) is 13.9. The summed E-state index contributed by atoms with van der Waals surface area (Å²) in [6.45, 7) is 4.97. The van der Waals surface area contributed by atoms with Crippen LogP contribution < -0.4 is 64.1 Å². The minimum Gasteiger partial charge on any atom is -0.494 e. The molecule has 4 heterocycles. The Labute approximate surface area is 590 Å². The van der Waals surface area contributed by atoms with Crippen molar-refractivity contribution in [2.24, 2.45) is 22.5 Å². The number of nitrogens with two attached hydrogens (primary N) is 2. The second kappa shape index (κ2) is 40.2. The third kappa shape index (κ3) is 25.6. The van der Waals surface area contributed by atoms with Crippen LogP contribution in [0.1, 0.15) is 115 Å². The molecule has 0 saturated carbocycles. The Morgan fingerprint density at radius 3 is 1.91 bits per heavy atom.